The lowest BCUT2D eigenvalue weighted by atomic mass is 10.0. The van der Waals surface area contributed by atoms with Crippen molar-refractivity contribution >= 4 is 15.9 Å². The first-order valence-electron chi connectivity index (χ1n) is 10.6. The van der Waals surface area contributed by atoms with E-state index in [1.165, 1.54) is 17.3 Å². The Hall–Kier alpha value is -2.08. The molecule has 0 unspecified atom stereocenters. The van der Waals surface area contributed by atoms with E-state index in [2.05, 4.69) is 25.7 Å². The molecule has 31 heavy (non-hydrogen) atoms. The van der Waals surface area contributed by atoms with E-state index in [9.17, 15) is 18.3 Å². The molecule has 8 heteroatoms. The van der Waals surface area contributed by atoms with Gasteiger partial charge in [-0.2, -0.15) is 4.31 Å². The van der Waals surface area contributed by atoms with Crippen molar-refractivity contribution in [3.05, 3.63) is 23.8 Å². The summed E-state index contributed by atoms with van der Waals surface area (Å²) in [5, 5.41) is 9.68. The summed E-state index contributed by atoms with van der Waals surface area (Å²) in [4.78, 5) is 13.4. The Morgan fingerprint density at radius 2 is 2.03 bits per heavy atom. The fourth-order valence-electron chi connectivity index (χ4n) is 3.28. The molecule has 0 aliphatic carbocycles. The molecule has 3 atom stereocenters. The second kappa shape index (κ2) is 10.5. The molecule has 0 spiro atoms. The number of ether oxygens (including phenoxy) is 1. The zero-order valence-corrected chi connectivity index (χ0v) is 20.1. The highest BCUT2D eigenvalue weighted by Crippen LogP contribution is 2.34. The van der Waals surface area contributed by atoms with Crippen LogP contribution in [0.15, 0.2) is 23.1 Å². The summed E-state index contributed by atoms with van der Waals surface area (Å²) in [7, 11) is -2.19. The first kappa shape index (κ1) is 25.2. The molecule has 172 valence electrons. The molecule has 1 amide bonds. The van der Waals surface area contributed by atoms with Crippen LogP contribution in [0.4, 0.5) is 0 Å². The van der Waals surface area contributed by atoms with Crippen LogP contribution in [-0.4, -0.2) is 67.5 Å². The standard InChI is InChI=1S/C23H34N2O5S/c1-16(2)8-7-9-20-10-11-23-21(12-20)30-22(14-24(6)19(5)27)17(3)13-25(18(4)15-26)31(23,28)29/h10-12,16-18,22,26H,8,13-15H2,1-6H3/t17-,18+,22+/m1/s1. The smallest absolute Gasteiger partial charge is 0.247 e. The quantitative estimate of drug-likeness (QED) is 0.696. The number of benzene rings is 1. The Morgan fingerprint density at radius 3 is 2.61 bits per heavy atom. The van der Waals surface area contributed by atoms with Crippen LogP contribution in [-0.2, 0) is 14.8 Å². The van der Waals surface area contributed by atoms with Crippen molar-refractivity contribution in [2.24, 2.45) is 11.8 Å². The largest absolute Gasteiger partial charge is 0.487 e. The summed E-state index contributed by atoms with van der Waals surface area (Å²) in [6, 6.07) is 4.26. The highest BCUT2D eigenvalue weighted by Gasteiger charge is 2.38. The third-order valence-corrected chi connectivity index (χ3v) is 7.42. The zero-order valence-electron chi connectivity index (χ0n) is 19.3. The first-order chi connectivity index (χ1) is 14.5. The first-order valence-corrected chi connectivity index (χ1v) is 12.0. The van der Waals surface area contributed by atoms with Crippen LogP contribution in [0.5, 0.6) is 5.75 Å². The van der Waals surface area contributed by atoms with Crippen LogP contribution in [0.3, 0.4) is 0 Å². The molecule has 1 aromatic carbocycles. The van der Waals surface area contributed by atoms with E-state index in [1.54, 1.807) is 31.0 Å². The van der Waals surface area contributed by atoms with Crippen molar-refractivity contribution in [1.29, 1.82) is 0 Å². The summed E-state index contributed by atoms with van der Waals surface area (Å²) in [5.41, 5.74) is 0.670. The van der Waals surface area contributed by atoms with E-state index in [0.29, 0.717) is 18.0 Å². The van der Waals surface area contributed by atoms with Gasteiger partial charge in [0, 0.05) is 44.5 Å². The fourth-order valence-corrected chi connectivity index (χ4v) is 5.10. The predicted octanol–water partition coefficient (Wildman–Crippen LogP) is 2.33. The molecule has 1 heterocycles. The normalized spacial score (nSPS) is 21.7. The SMILES string of the molecule is CC(=O)N(C)C[C@@H]1Oc2cc(C#CCC(C)C)ccc2S(=O)(=O)N([C@@H](C)CO)C[C@H]1C. The number of carbonyl (C=O) groups is 1. The maximum atomic E-state index is 13.4. The van der Waals surface area contributed by atoms with Crippen LogP contribution >= 0.6 is 0 Å². The van der Waals surface area contributed by atoms with E-state index in [4.69, 9.17) is 4.74 Å². The predicted molar refractivity (Wildman–Crippen MR) is 120 cm³/mol. The van der Waals surface area contributed by atoms with Gasteiger partial charge >= 0.3 is 0 Å². The second-order valence-corrected chi connectivity index (χ2v) is 10.6. The Kier molecular flexibility index (Phi) is 8.52. The number of aliphatic hydroxyl groups is 1. The maximum absolute atomic E-state index is 13.4. The number of sulfonamides is 1. The molecule has 0 saturated heterocycles. The summed E-state index contributed by atoms with van der Waals surface area (Å²) in [6.45, 7) is 9.42. The molecule has 0 saturated carbocycles. The van der Waals surface area contributed by atoms with Gasteiger partial charge in [-0.1, -0.05) is 32.6 Å². The van der Waals surface area contributed by atoms with Gasteiger partial charge in [0.15, 0.2) is 0 Å². The van der Waals surface area contributed by atoms with Crippen molar-refractivity contribution in [1.82, 2.24) is 9.21 Å². The van der Waals surface area contributed by atoms with E-state index in [-0.39, 0.29) is 35.6 Å². The number of aliphatic hydroxyl groups excluding tert-OH is 1. The van der Waals surface area contributed by atoms with E-state index >= 15 is 0 Å². The average molecular weight is 451 g/mol. The minimum Gasteiger partial charge on any atom is -0.487 e. The monoisotopic (exact) mass is 450 g/mol. The highest BCUT2D eigenvalue weighted by atomic mass is 32.2. The Bertz CT molecular complexity index is 948. The number of hydrogen-bond acceptors (Lipinski definition) is 5. The molecular weight excluding hydrogens is 416 g/mol. The lowest BCUT2D eigenvalue weighted by molar-refractivity contribution is -0.129. The molecule has 0 radical (unpaired) electrons. The maximum Gasteiger partial charge on any atom is 0.247 e. The molecule has 2 rings (SSSR count). The van der Waals surface area contributed by atoms with Gasteiger partial charge in [0.2, 0.25) is 15.9 Å². The number of rotatable bonds is 5. The summed E-state index contributed by atoms with van der Waals surface area (Å²) in [5.74, 6) is 6.54. The minimum absolute atomic E-state index is 0.0459. The average Bonchev–Trinajstić information content (AvgIpc) is 2.69. The number of amides is 1. The Balaban J connectivity index is 2.56. The summed E-state index contributed by atoms with van der Waals surface area (Å²) in [6.07, 6.45) is 0.316. The number of fused-ring (bicyclic) bond motifs is 1. The number of nitrogens with zero attached hydrogens (tertiary/aromatic N) is 2. The molecule has 1 aliphatic rings. The van der Waals surface area contributed by atoms with Crippen molar-refractivity contribution in [2.75, 3.05) is 26.7 Å². The van der Waals surface area contributed by atoms with E-state index < -0.39 is 22.2 Å². The van der Waals surface area contributed by atoms with Crippen molar-refractivity contribution in [3.63, 3.8) is 0 Å². The van der Waals surface area contributed by atoms with Gasteiger partial charge < -0.3 is 14.7 Å². The van der Waals surface area contributed by atoms with E-state index in [0.717, 1.165) is 6.42 Å². The summed E-state index contributed by atoms with van der Waals surface area (Å²) >= 11 is 0. The fraction of sp³-hybridized carbons (Fsp3) is 0.609. The topological polar surface area (TPSA) is 87.2 Å². The van der Waals surface area contributed by atoms with Crippen LogP contribution in [0.1, 0.15) is 46.6 Å². The lowest BCUT2D eigenvalue weighted by Crippen LogP contribution is -2.50. The third kappa shape index (κ3) is 6.22. The Labute approximate surface area is 186 Å². The van der Waals surface area contributed by atoms with E-state index in [1.807, 2.05) is 6.92 Å². The zero-order chi connectivity index (χ0) is 23.3. The van der Waals surface area contributed by atoms with Crippen molar-refractivity contribution < 1.29 is 23.1 Å². The molecule has 0 aromatic heterocycles. The van der Waals surface area contributed by atoms with Crippen LogP contribution in [0.25, 0.3) is 0 Å². The number of likely N-dealkylation sites (N-methyl/N-ethyl adjacent to an activating group) is 1. The van der Waals surface area contributed by atoms with Crippen LogP contribution < -0.4 is 4.74 Å². The van der Waals surface area contributed by atoms with Gasteiger partial charge in [-0.15, -0.1) is 0 Å². The molecule has 1 aliphatic heterocycles. The van der Waals surface area contributed by atoms with Crippen molar-refractivity contribution in [3.8, 4) is 17.6 Å². The van der Waals surface area contributed by atoms with Crippen LogP contribution in [0.2, 0.25) is 0 Å². The molecule has 1 aromatic rings. The van der Waals surface area contributed by atoms with Crippen LogP contribution in [0, 0.1) is 23.7 Å². The third-order valence-electron chi connectivity index (χ3n) is 5.40. The van der Waals surface area contributed by atoms with Gasteiger partial charge in [-0.25, -0.2) is 8.42 Å². The molecule has 0 fully saturated rings. The number of hydrogen-bond donors (Lipinski definition) is 1. The van der Waals surface area contributed by atoms with Crippen molar-refractivity contribution in [2.45, 2.75) is 58.1 Å². The summed E-state index contributed by atoms with van der Waals surface area (Å²) < 4.78 is 34.3. The number of carbonyl (C=O) groups excluding carboxylic acids is 1. The van der Waals surface area contributed by atoms with Gasteiger partial charge in [-0.05, 0) is 31.0 Å². The highest BCUT2D eigenvalue weighted by molar-refractivity contribution is 7.89. The second-order valence-electron chi connectivity index (χ2n) is 8.70. The molecule has 1 N–H and O–H groups in total. The lowest BCUT2D eigenvalue weighted by Gasteiger charge is -2.37. The molecule has 7 nitrogen and oxygen atoms in total. The van der Waals surface area contributed by atoms with Gasteiger partial charge in [-0.3, -0.25) is 4.79 Å². The van der Waals surface area contributed by atoms with Gasteiger partial charge in [0.05, 0.1) is 13.2 Å². The molecule has 0 bridgehead atoms. The molecular formula is C23H34N2O5S. The Morgan fingerprint density at radius 1 is 1.35 bits per heavy atom. The minimum atomic E-state index is -3.89. The van der Waals surface area contributed by atoms with Gasteiger partial charge in [0.25, 0.3) is 0 Å². The van der Waals surface area contributed by atoms with Gasteiger partial charge in [0.1, 0.15) is 16.7 Å².